The van der Waals surface area contributed by atoms with E-state index in [9.17, 15) is 4.79 Å². The summed E-state index contributed by atoms with van der Waals surface area (Å²) in [6, 6.07) is 0.165. The number of carbonyl (C=O) groups is 1. The minimum atomic E-state index is -0.506. The van der Waals surface area contributed by atoms with Crippen LogP contribution in [0.15, 0.2) is 5.16 Å². The molecule has 0 rings (SSSR count). The molecule has 0 spiro atoms. The molecule has 2 unspecified atom stereocenters. The molecule has 16 heavy (non-hydrogen) atoms. The fourth-order valence-corrected chi connectivity index (χ4v) is 1.49. The molecule has 0 aromatic heterocycles. The summed E-state index contributed by atoms with van der Waals surface area (Å²) in [5.74, 6) is -0.581. The highest BCUT2D eigenvalue weighted by Gasteiger charge is 2.27. The molecule has 3 N–H and O–H groups in total. The molecule has 2 atom stereocenters. The number of hydrogen-bond acceptors (Lipinski definition) is 3. The van der Waals surface area contributed by atoms with Crippen LogP contribution in [-0.4, -0.2) is 34.9 Å². The van der Waals surface area contributed by atoms with Crippen LogP contribution in [0, 0.1) is 5.92 Å². The lowest BCUT2D eigenvalue weighted by Crippen LogP contribution is -2.43. The molecule has 0 aliphatic rings. The molecule has 0 radical (unpaired) electrons. The van der Waals surface area contributed by atoms with E-state index in [0.717, 1.165) is 12.8 Å². The minimum absolute atomic E-state index is 0.00185. The Hall–Kier alpha value is -1.26. The Balaban J connectivity index is 4.74. The third-order valence-electron chi connectivity index (χ3n) is 2.95. The van der Waals surface area contributed by atoms with Gasteiger partial charge >= 0.3 is 0 Å². The van der Waals surface area contributed by atoms with E-state index >= 15 is 0 Å². The van der Waals surface area contributed by atoms with Gasteiger partial charge in [0.1, 0.15) is 0 Å². The molecule has 0 fully saturated rings. The Kier molecular flexibility index (Phi) is 6.53. The largest absolute Gasteiger partial charge is 0.409 e. The molecule has 5 nitrogen and oxygen atoms in total. The van der Waals surface area contributed by atoms with E-state index in [-0.39, 0.29) is 17.8 Å². The van der Waals surface area contributed by atoms with Crippen molar-refractivity contribution in [2.45, 2.75) is 46.1 Å². The molecular formula is C11H23N3O2. The van der Waals surface area contributed by atoms with Crippen LogP contribution in [-0.2, 0) is 4.79 Å². The standard InChI is InChI=1S/C11H23N3O2/c1-5-7-9(10(12)13-16)11(15)14(4)8(3)6-2/h8-9,16H,5-7H2,1-4H3,(H2,12,13). The Bertz CT molecular complexity index is 254. The number of amidine groups is 1. The highest BCUT2D eigenvalue weighted by atomic mass is 16.4. The maximum atomic E-state index is 12.1. The van der Waals surface area contributed by atoms with Crippen molar-refractivity contribution in [1.29, 1.82) is 0 Å². The van der Waals surface area contributed by atoms with Gasteiger partial charge in [-0.05, 0) is 19.8 Å². The van der Waals surface area contributed by atoms with Gasteiger partial charge in [0.25, 0.3) is 0 Å². The highest BCUT2D eigenvalue weighted by molar-refractivity contribution is 6.02. The molecule has 0 saturated carbocycles. The molecule has 1 amide bonds. The van der Waals surface area contributed by atoms with Crippen molar-refractivity contribution >= 4 is 11.7 Å². The maximum Gasteiger partial charge on any atom is 0.233 e. The second kappa shape index (κ2) is 7.09. The summed E-state index contributed by atoms with van der Waals surface area (Å²) in [6.07, 6.45) is 2.31. The first-order valence-electron chi connectivity index (χ1n) is 5.73. The summed E-state index contributed by atoms with van der Waals surface area (Å²) in [6.45, 7) is 5.97. The molecule has 94 valence electrons. The van der Waals surface area contributed by atoms with Crippen LogP contribution in [0.2, 0.25) is 0 Å². The number of nitrogens with two attached hydrogens (primary N) is 1. The van der Waals surface area contributed by atoms with Crippen molar-refractivity contribution in [3.05, 3.63) is 0 Å². The second-order valence-corrected chi connectivity index (χ2v) is 4.07. The SMILES string of the molecule is CCCC(C(=O)N(C)C(C)CC)C(N)=NO. The molecular weight excluding hydrogens is 206 g/mol. The van der Waals surface area contributed by atoms with Gasteiger partial charge in [0.05, 0.1) is 5.92 Å². The first-order chi connectivity index (χ1) is 7.49. The van der Waals surface area contributed by atoms with Crippen molar-refractivity contribution in [3.63, 3.8) is 0 Å². The smallest absolute Gasteiger partial charge is 0.233 e. The predicted octanol–water partition coefficient (Wildman–Crippen LogP) is 1.41. The van der Waals surface area contributed by atoms with E-state index in [4.69, 9.17) is 10.9 Å². The van der Waals surface area contributed by atoms with E-state index in [0.29, 0.717) is 6.42 Å². The van der Waals surface area contributed by atoms with E-state index in [1.165, 1.54) is 0 Å². The van der Waals surface area contributed by atoms with Gasteiger partial charge in [-0.3, -0.25) is 4.79 Å². The van der Waals surface area contributed by atoms with Crippen LogP contribution < -0.4 is 5.73 Å². The number of hydrogen-bond donors (Lipinski definition) is 2. The topological polar surface area (TPSA) is 78.9 Å². The van der Waals surface area contributed by atoms with Gasteiger partial charge in [0, 0.05) is 13.1 Å². The van der Waals surface area contributed by atoms with Gasteiger partial charge in [-0.25, -0.2) is 0 Å². The zero-order chi connectivity index (χ0) is 12.7. The van der Waals surface area contributed by atoms with Crippen LogP contribution in [0.25, 0.3) is 0 Å². The maximum absolute atomic E-state index is 12.1. The summed E-state index contributed by atoms with van der Waals surface area (Å²) in [5, 5.41) is 11.6. The Morgan fingerprint density at radius 3 is 2.44 bits per heavy atom. The van der Waals surface area contributed by atoms with E-state index < -0.39 is 5.92 Å². The summed E-state index contributed by atoms with van der Waals surface area (Å²) in [4.78, 5) is 13.8. The lowest BCUT2D eigenvalue weighted by atomic mass is 10.00. The van der Waals surface area contributed by atoms with Gasteiger partial charge in [-0.15, -0.1) is 0 Å². The predicted molar refractivity (Wildman–Crippen MR) is 64.3 cm³/mol. The molecule has 0 saturated heterocycles. The molecule has 0 bridgehead atoms. The third-order valence-corrected chi connectivity index (χ3v) is 2.95. The van der Waals surface area contributed by atoms with Gasteiger partial charge in [-0.1, -0.05) is 25.4 Å². The quantitative estimate of drug-likeness (QED) is 0.313. The Morgan fingerprint density at radius 1 is 1.50 bits per heavy atom. The van der Waals surface area contributed by atoms with E-state index in [2.05, 4.69) is 5.16 Å². The molecule has 0 heterocycles. The number of nitrogens with zero attached hydrogens (tertiary/aromatic N) is 2. The molecule has 5 heteroatoms. The third kappa shape index (κ3) is 3.72. The van der Waals surface area contributed by atoms with Crippen LogP contribution in [0.4, 0.5) is 0 Å². The number of amides is 1. The molecule has 0 aliphatic heterocycles. The zero-order valence-corrected chi connectivity index (χ0v) is 10.6. The second-order valence-electron chi connectivity index (χ2n) is 4.07. The van der Waals surface area contributed by atoms with Crippen molar-refractivity contribution in [3.8, 4) is 0 Å². The van der Waals surface area contributed by atoms with Crippen molar-refractivity contribution in [2.75, 3.05) is 7.05 Å². The Labute approximate surface area is 97.3 Å². The zero-order valence-electron chi connectivity index (χ0n) is 10.6. The van der Waals surface area contributed by atoms with E-state index in [1.54, 1.807) is 11.9 Å². The summed E-state index contributed by atoms with van der Waals surface area (Å²) in [7, 11) is 1.75. The molecule has 0 aromatic carbocycles. The normalized spacial score (nSPS) is 15.6. The van der Waals surface area contributed by atoms with Gasteiger partial charge in [-0.2, -0.15) is 0 Å². The van der Waals surface area contributed by atoms with Gasteiger partial charge in [0.15, 0.2) is 5.84 Å². The van der Waals surface area contributed by atoms with Gasteiger partial charge in [0.2, 0.25) is 5.91 Å². The van der Waals surface area contributed by atoms with Crippen molar-refractivity contribution < 1.29 is 10.0 Å². The lowest BCUT2D eigenvalue weighted by Gasteiger charge is -2.27. The average molecular weight is 229 g/mol. The summed E-state index contributed by atoms with van der Waals surface area (Å²) >= 11 is 0. The van der Waals surface area contributed by atoms with Crippen LogP contribution >= 0.6 is 0 Å². The molecule has 0 aromatic rings. The van der Waals surface area contributed by atoms with Crippen molar-refractivity contribution in [2.24, 2.45) is 16.8 Å². The monoisotopic (exact) mass is 229 g/mol. The van der Waals surface area contributed by atoms with Crippen LogP contribution in [0.3, 0.4) is 0 Å². The van der Waals surface area contributed by atoms with Gasteiger partial charge < -0.3 is 15.8 Å². The fourth-order valence-electron chi connectivity index (χ4n) is 1.49. The number of oxime groups is 1. The molecule has 0 aliphatic carbocycles. The lowest BCUT2D eigenvalue weighted by molar-refractivity contribution is -0.134. The highest BCUT2D eigenvalue weighted by Crippen LogP contribution is 2.13. The first-order valence-corrected chi connectivity index (χ1v) is 5.73. The average Bonchev–Trinajstić information content (AvgIpc) is 2.32. The summed E-state index contributed by atoms with van der Waals surface area (Å²) < 4.78 is 0. The minimum Gasteiger partial charge on any atom is -0.409 e. The number of rotatable bonds is 6. The van der Waals surface area contributed by atoms with E-state index in [1.807, 2.05) is 20.8 Å². The number of carbonyl (C=O) groups excluding carboxylic acids is 1. The van der Waals surface area contributed by atoms with Crippen LogP contribution in [0.5, 0.6) is 0 Å². The first kappa shape index (κ1) is 14.7. The van der Waals surface area contributed by atoms with Crippen LogP contribution in [0.1, 0.15) is 40.0 Å². The summed E-state index contributed by atoms with van der Waals surface area (Å²) in [5.41, 5.74) is 5.54. The fraction of sp³-hybridized carbons (Fsp3) is 0.818. The Morgan fingerprint density at radius 2 is 2.06 bits per heavy atom. The van der Waals surface area contributed by atoms with Crippen molar-refractivity contribution in [1.82, 2.24) is 4.90 Å².